The molecule has 2 aromatic rings. The Balaban J connectivity index is 1.73. The molecule has 1 unspecified atom stereocenters. The Morgan fingerprint density at radius 3 is 2.44 bits per heavy atom. The molecule has 1 atom stereocenters. The van der Waals surface area contributed by atoms with Gasteiger partial charge in [-0.2, -0.15) is 4.31 Å². The highest BCUT2D eigenvalue weighted by molar-refractivity contribution is 7.89. The Morgan fingerprint density at radius 2 is 1.81 bits per heavy atom. The van der Waals surface area contributed by atoms with Crippen LogP contribution in [0.5, 0.6) is 11.5 Å². The minimum absolute atomic E-state index is 0.0432. The third-order valence-corrected chi connectivity index (χ3v) is 7.83. The Hall–Kier alpha value is -2.29. The number of nitrogens with zero attached hydrogens (tertiary/aromatic N) is 2. The van der Waals surface area contributed by atoms with Gasteiger partial charge in [-0.25, -0.2) is 8.42 Å². The number of piperidine rings is 1. The Morgan fingerprint density at radius 1 is 1.12 bits per heavy atom. The lowest BCUT2D eigenvalue weighted by molar-refractivity contribution is -0.137. The number of hydrogen-bond donors (Lipinski definition) is 0. The van der Waals surface area contributed by atoms with Gasteiger partial charge in [-0.3, -0.25) is 4.79 Å². The lowest BCUT2D eigenvalue weighted by atomic mass is 9.97. The summed E-state index contributed by atoms with van der Waals surface area (Å²) in [6, 6.07) is 11.7. The monoisotopic (exact) mass is 480 g/mol. The molecule has 1 amide bonds. The average Bonchev–Trinajstić information content (AvgIpc) is 2.82. The molecule has 1 fully saturated rings. The number of carbonyl (C=O) groups excluding carboxylic acids is 1. The average molecular weight is 481 g/mol. The van der Waals surface area contributed by atoms with E-state index in [-0.39, 0.29) is 23.3 Å². The van der Waals surface area contributed by atoms with Crippen molar-refractivity contribution < 1.29 is 22.7 Å². The maximum Gasteiger partial charge on any atom is 0.243 e. The van der Waals surface area contributed by atoms with Crippen LogP contribution in [-0.2, 0) is 21.4 Å². The molecule has 1 saturated heterocycles. The van der Waals surface area contributed by atoms with Crippen molar-refractivity contribution in [3.8, 4) is 11.5 Å². The van der Waals surface area contributed by atoms with Crippen molar-refractivity contribution in [3.63, 3.8) is 0 Å². The molecular weight excluding hydrogens is 452 g/mol. The summed E-state index contributed by atoms with van der Waals surface area (Å²) in [5, 5.41) is 0.476. The second-order valence-corrected chi connectivity index (χ2v) is 10.1. The van der Waals surface area contributed by atoms with E-state index in [0.29, 0.717) is 49.0 Å². The second kappa shape index (κ2) is 10.6. The first kappa shape index (κ1) is 24.4. The van der Waals surface area contributed by atoms with Crippen LogP contribution >= 0.6 is 11.6 Å². The number of hydrogen-bond acceptors (Lipinski definition) is 5. The molecular formula is C23H29ClN2O5S. The van der Waals surface area contributed by atoms with Gasteiger partial charge in [0.15, 0.2) is 11.5 Å². The number of rotatable bonds is 8. The topological polar surface area (TPSA) is 76.2 Å². The molecule has 7 nitrogen and oxygen atoms in total. The maximum absolute atomic E-state index is 13.3. The number of carbonyl (C=O) groups is 1. The largest absolute Gasteiger partial charge is 0.493 e. The van der Waals surface area contributed by atoms with Gasteiger partial charge in [-0.1, -0.05) is 17.7 Å². The molecule has 0 spiro atoms. The highest BCUT2D eigenvalue weighted by atomic mass is 35.5. The zero-order chi connectivity index (χ0) is 23.3. The van der Waals surface area contributed by atoms with Crippen LogP contribution in [-0.4, -0.2) is 57.4 Å². The summed E-state index contributed by atoms with van der Waals surface area (Å²) in [5.41, 5.74) is 0.916. The van der Waals surface area contributed by atoms with Gasteiger partial charge in [0, 0.05) is 31.2 Å². The number of benzene rings is 2. The number of methoxy groups -OCH3 is 2. The van der Waals surface area contributed by atoms with E-state index < -0.39 is 10.0 Å². The predicted molar refractivity (Wildman–Crippen MR) is 124 cm³/mol. The van der Waals surface area contributed by atoms with E-state index in [4.69, 9.17) is 21.1 Å². The van der Waals surface area contributed by atoms with Gasteiger partial charge < -0.3 is 14.4 Å². The minimum atomic E-state index is -3.68. The van der Waals surface area contributed by atoms with Gasteiger partial charge >= 0.3 is 0 Å². The lowest BCUT2D eigenvalue weighted by Gasteiger charge is -2.34. The molecule has 9 heteroatoms. The Bertz CT molecular complexity index is 1040. The van der Waals surface area contributed by atoms with Crippen molar-refractivity contribution in [3.05, 3.63) is 53.1 Å². The molecule has 3 rings (SSSR count). The third kappa shape index (κ3) is 5.36. The summed E-state index contributed by atoms with van der Waals surface area (Å²) in [5.74, 6) is 0.802. The summed E-state index contributed by atoms with van der Waals surface area (Å²) in [7, 11) is -0.532. The molecule has 1 aliphatic heterocycles. The van der Waals surface area contributed by atoms with Crippen LogP contribution in [0.4, 0.5) is 0 Å². The number of sulfonamides is 1. The van der Waals surface area contributed by atoms with E-state index in [1.165, 1.54) is 16.4 Å². The van der Waals surface area contributed by atoms with Crippen molar-refractivity contribution in [1.29, 1.82) is 0 Å². The highest BCUT2D eigenvalue weighted by Gasteiger charge is 2.34. The van der Waals surface area contributed by atoms with E-state index in [2.05, 4.69) is 0 Å². The third-order valence-electron chi connectivity index (χ3n) is 5.70. The van der Waals surface area contributed by atoms with Gasteiger partial charge in [0.1, 0.15) is 0 Å². The number of halogens is 1. The molecule has 32 heavy (non-hydrogen) atoms. The molecule has 0 aromatic heterocycles. The van der Waals surface area contributed by atoms with Crippen molar-refractivity contribution in [2.45, 2.75) is 31.2 Å². The van der Waals surface area contributed by atoms with Gasteiger partial charge in [-0.15, -0.1) is 0 Å². The predicted octanol–water partition coefficient (Wildman–Crippen LogP) is 3.81. The molecule has 0 saturated carbocycles. The minimum Gasteiger partial charge on any atom is -0.493 e. The second-order valence-electron chi connectivity index (χ2n) is 7.70. The Kier molecular flexibility index (Phi) is 8.03. The van der Waals surface area contributed by atoms with Crippen LogP contribution in [0.3, 0.4) is 0 Å². The van der Waals surface area contributed by atoms with Gasteiger partial charge in [0.25, 0.3) is 0 Å². The molecule has 0 bridgehead atoms. The first-order chi connectivity index (χ1) is 15.3. The molecule has 0 N–H and O–H groups in total. The maximum atomic E-state index is 13.3. The summed E-state index contributed by atoms with van der Waals surface area (Å²) >= 11 is 5.89. The van der Waals surface area contributed by atoms with Crippen LogP contribution in [0.2, 0.25) is 5.02 Å². The Labute approximate surface area is 194 Å². The van der Waals surface area contributed by atoms with E-state index in [0.717, 1.165) is 5.56 Å². The van der Waals surface area contributed by atoms with Crippen LogP contribution < -0.4 is 9.47 Å². The fraction of sp³-hybridized carbons (Fsp3) is 0.435. The summed E-state index contributed by atoms with van der Waals surface area (Å²) < 4.78 is 38.2. The van der Waals surface area contributed by atoms with Gasteiger partial charge in [0.05, 0.1) is 25.0 Å². The van der Waals surface area contributed by atoms with E-state index >= 15 is 0 Å². The van der Waals surface area contributed by atoms with Crippen LogP contribution in [0.1, 0.15) is 25.3 Å². The SMILES string of the molecule is CCN(Cc1ccc(OC)c(OC)c1)C(=O)C1CCCN(S(=O)(=O)c2ccc(Cl)cc2)C1. The molecule has 2 aromatic carbocycles. The smallest absolute Gasteiger partial charge is 0.243 e. The quantitative estimate of drug-likeness (QED) is 0.574. The molecule has 0 aliphatic carbocycles. The lowest BCUT2D eigenvalue weighted by Crippen LogP contribution is -2.46. The van der Waals surface area contributed by atoms with Crippen LogP contribution in [0.15, 0.2) is 47.4 Å². The number of ether oxygens (including phenoxy) is 2. The van der Waals surface area contributed by atoms with E-state index in [1.54, 1.807) is 31.3 Å². The molecule has 1 heterocycles. The van der Waals surface area contributed by atoms with Crippen molar-refractivity contribution >= 4 is 27.5 Å². The highest BCUT2D eigenvalue weighted by Crippen LogP contribution is 2.29. The zero-order valence-corrected chi connectivity index (χ0v) is 20.2. The fourth-order valence-electron chi connectivity index (χ4n) is 3.92. The van der Waals surface area contributed by atoms with Crippen LogP contribution in [0.25, 0.3) is 0 Å². The van der Waals surface area contributed by atoms with Gasteiger partial charge in [0.2, 0.25) is 15.9 Å². The van der Waals surface area contributed by atoms with Crippen molar-refractivity contribution in [2.24, 2.45) is 5.92 Å². The van der Waals surface area contributed by atoms with Crippen molar-refractivity contribution in [1.82, 2.24) is 9.21 Å². The van der Waals surface area contributed by atoms with E-state index in [1.807, 2.05) is 25.1 Å². The normalized spacial score (nSPS) is 17.1. The van der Waals surface area contributed by atoms with Crippen LogP contribution in [0, 0.1) is 5.92 Å². The molecule has 1 aliphatic rings. The van der Waals surface area contributed by atoms with Crippen molar-refractivity contribution in [2.75, 3.05) is 33.9 Å². The molecule has 174 valence electrons. The summed E-state index contributed by atoms with van der Waals surface area (Å²) in [6.45, 7) is 3.43. The standard InChI is InChI=1S/C23H29ClN2O5S/c1-4-25(15-17-7-12-21(30-2)22(14-17)31-3)23(27)18-6-5-13-26(16-18)32(28,29)20-10-8-19(24)9-11-20/h7-12,14,18H,4-6,13,15-16H2,1-3H3. The van der Waals surface area contributed by atoms with Gasteiger partial charge in [-0.05, 0) is 61.7 Å². The fourth-order valence-corrected chi connectivity index (χ4v) is 5.57. The van der Waals surface area contributed by atoms with E-state index in [9.17, 15) is 13.2 Å². The zero-order valence-electron chi connectivity index (χ0n) is 18.6. The number of amides is 1. The first-order valence-electron chi connectivity index (χ1n) is 10.6. The summed E-state index contributed by atoms with van der Waals surface area (Å²) in [4.78, 5) is 15.2. The first-order valence-corrected chi connectivity index (χ1v) is 12.4. The molecule has 0 radical (unpaired) electrons. The summed E-state index contributed by atoms with van der Waals surface area (Å²) in [6.07, 6.45) is 1.30.